The van der Waals surface area contributed by atoms with Gasteiger partial charge in [-0.3, -0.25) is 19.8 Å². The Morgan fingerprint density at radius 2 is 1.84 bits per heavy atom. The van der Waals surface area contributed by atoms with Gasteiger partial charge < -0.3 is 4.90 Å². The van der Waals surface area contributed by atoms with Crippen LogP contribution in [0.4, 0.5) is 0 Å². The zero-order valence-corrected chi connectivity index (χ0v) is 15.0. The van der Waals surface area contributed by atoms with Crippen LogP contribution in [0.5, 0.6) is 0 Å². The van der Waals surface area contributed by atoms with Crippen molar-refractivity contribution in [1.82, 2.24) is 20.7 Å². The summed E-state index contributed by atoms with van der Waals surface area (Å²) in [6.07, 6.45) is -0.765. The highest BCUT2D eigenvalue weighted by molar-refractivity contribution is 6.35. The maximum atomic E-state index is 12.5. The molecule has 0 radical (unpaired) electrons. The van der Waals surface area contributed by atoms with E-state index in [-0.39, 0.29) is 12.3 Å². The number of halogens is 2. The molecular weight excluding hydrogens is 369 g/mol. The number of benzene rings is 1. The van der Waals surface area contributed by atoms with Gasteiger partial charge in [0.15, 0.2) is 0 Å². The monoisotopic (exact) mass is 387 g/mol. The maximum Gasteiger partial charge on any atom is 0.280 e. The van der Waals surface area contributed by atoms with E-state index in [1.807, 2.05) is 18.2 Å². The first kappa shape index (κ1) is 18.3. The molecule has 0 bridgehead atoms. The van der Waals surface area contributed by atoms with Crippen molar-refractivity contribution in [3.8, 4) is 0 Å². The van der Waals surface area contributed by atoms with Crippen LogP contribution in [-0.4, -0.2) is 59.0 Å². The molecule has 2 aliphatic heterocycles. The first-order valence-corrected chi connectivity index (χ1v) is 8.80. The molecular formula is C15H19Cl2N5O3. The Morgan fingerprint density at radius 1 is 1.20 bits per heavy atom. The molecule has 0 aromatic heterocycles. The van der Waals surface area contributed by atoms with E-state index in [9.17, 15) is 14.9 Å². The van der Waals surface area contributed by atoms with Gasteiger partial charge in [-0.15, -0.1) is 0 Å². The Bertz CT molecular complexity index is 646. The van der Waals surface area contributed by atoms with Gasteiger partial charge in [-0.25, -0.2) is 5.43 Å². The Kier molecular flexibility index (Phi) is 5.75. The number of nitrogens with zero attached hydrogens (tertiary/aromatic N) is 3. The number of carbonyl (C=O) groups excluding carboxylic acids is 1. The van der Waals surface area contributed by atoms with Gasteiger partial charge in [-0.1, -0.05) is 29.3 Å². The lowest BCUT2D eigenvalue weighted by Gasteiger charge is -2.36. The van der Waals surface area contributed by atoms with Crippen LogP contribution in [0.1, 0.15) is 12.0 Å². The highest BCUT2D eigenvalue weighted by atomic mass is 35.5. The standard InChI is InChI=1S/C15H19Cl2N5O3/c16-11-2-1-3-12(17)10(11)9-20-4-6-21(7-5-20)15(23)13-8-14(19-18-13)22(24)25/h1-3,13-14,18-19H,4-9H2. The third-order valence-corrected chi connectivity index (χ3v) is 5.27. The fourth-order valence-electron chi connectivity index (χ4n) is 3.09. The van der Waals surface area contributed by atoms with Crippen LogP contribution in [0.25, 0.3) is 0 Å². The van der Waals surface area contributed by atoms with Gasteiger partial charge in [0.1, 0.15) is 6.04 Å². The molecule has 0 saturated carbocycles. The molecule has 1 amide bonds. The number of rotatable bonds is 4. The number of carbonyl (C=O) groups is 1. The van der Waals surface area contributed by atoms with Crippen LogP contribution in [0, 0.1) is 10.1 Å². The molecule has 2 unspecified atom stereocenters. The van der Waals surface area contributed by atoms with Gasteiger partial charge in [-0.05, 0) is 12.1 Å². The second-order valence-electron chi connectivity index (χ2n) is 6.18. The quantitative estimate of drug-likeness (QED) is 0.593. The second-order valence-corrected chi connectivity index (χ2v) is 6.99. The molecule has 3 rings (SSSR count). The summed E-state index contributed by atoms with van der Waals surface area (Å²) < 4.78 is 0. The van der Waals surface area contributed by atoms with E-state index in [1.165, 1.54) is 0 Å². The third kappa shape index (κ3) is 4.21. The van der Waals surface area contributed by atoms with E-state index < -0.39 is 17.1 Å². The van der Waals surface area contributed by atoms with Crippen molar-refractivity contribution in [2.75, 3.05) is 26.2 Å². The van der Waals surface area contributed by atoms with Crippen molar-refractivity contribution < 1.29 is 9.72 Å². The van der Waals surface area contributed by atoms with Gasteiger partial charge in [-0.2, -0.15) is 5.43 Å². The Morgan fingerprint density at radius 3 is 2.40 bits per heavy atom. The molecule has 1 aromatic carbocycles. The number of hydrazine groups is 1. The molecule has 2 heterocycles. The Labute approximate surface area is 155 Å². The molecule has 25 heavy (non-hydrogen) atoms. The first-order chi connectivity index (χ1) is 12.0. The summed E-state index contributed by atoms with van der Waals surface area (Å²) in [6.45, 7) is 3.18. The van der Waals surface area contributed by atoms with E-state index in [1.54, 1.807) is 4.90 Å². The molecule has 2 fully saturated rings. The minimum Gasteiger partial charge on any atom is -0.339 e. The number of piperazine rings is 1. The Hall–Kier alpha value is -1.45. The number of hydrogen-bond acceptors (Lipinski definition) is 6. The van der Waals surface area contributed by atoms with Crippen molar-refractivity contribution in [2.45, 2.75) is 25.2 Å². The third-order valence-electron chi connectivity index (χ3n) is 4.56. The highest BCUT2D eigenvalue weighted by Crippen LogP contribution is 2.26. The summed E-state index contributed by atoms with van der Waals surface area (Å²) in [5.41, 5.74) is 6.15. The molecule has 2 atom stereocenters. The largest absolute Gasteiger partial charge is 0.339 e. The Balaban J connectivity index is 1.52. The van der Waals surface area contributed by atoms with E-state index in [0.717, 1.165) is 5.56 Å². The van der Waals surface area contributed by atoms with E-state index in [4.69, 9.17) is 23.2 Å². The predicted octanol–water partition coefficient (Wildman–Crippen LogP) is 1.11. The molecule has 2 aliphatic rings. The average molecular weight is 388 g/mol. The van der Waals surface area contributed by atoms with Crippen molar-refractivity contribution in [1.29, 1.82) is 0 Å². The van der Waals surface area contributed by atoms with E-state index in [2.05, 4.69) is 15.8 Å². The van der Waals surface area contributed by atoms with Gasteiger partial charge in [0.2, 0.25) is 5.91 Å². The second kappa shape index (κ2) is 7.84. The minimum absolute atomic E-state index is 0.104. The summed E-state index contributed by atoms with van der Waals surface area (Å²) in [5.74, 6) is -0.104. The lowest BCUT2D eigenvalue weighted by molar-refractivity contribution is -0.526. The molecule has 1 aromatic rings. The topological polar surface area (TPSA) is 90.7 Å². The van der Waals surface area contributed by atoms with Crippen molar-refractivity contribution in [3.05, 3.63) is 43.9 Å². The maximum absolute atomic E-state index is 12.5. The van der Waals surface area contributed by atoms with Gasteiger partial charge in [0.25, 0.3) is 6.17 Å². The summed E-state index contributed by atoms with van der Waals surface area (Å²) >= 11 is 12.4. The lowest BCUT2D eigenvalue weighted by atomic mass is 10.1. The zero-order chi connectivity index (χ0) is 18.0. The average Bonchev–Trinajstić information content (AvgIpc) is 3.09. The molecule has 2 saturated heterocycles. The van der Waals surface area contributed by atoms with Crippen LogP contribution in [0.15, 0.2) is 18.2 Å². The smallest absolute Gasteiger partial charge is 0.280 e. The van der Waals surface area contributed by atoms with Gasteiger partial charge in [0, 0.05) is 53.3 Å². The molecule has 8 nitrogen and oxygen atoms in total. The normalized spacial score (nSPS) is 24.5. The summed E-state index contributed by atoms with van der Waals surface area (Å²) in [7, 11) is 0. The van der Waals surface area contributed by atoms with Gasteiger partial charge >= 0.3 is 0 Å². The first-order valence-electron chi connectivity index (χ1n) is 8.04. The SMILES string of the molecule is O=C(C1CC([N+](=O)[O-])NN1)N1CCN(Cc2c(Cl)cccc2Cl)CC1. The van der Waals surface area contributed by atoms with Crippen LogP contribution in [0.3, 0.4) is 0 Å². The number of hydrogen-bond donors (Lipinski definition) is 2. The molecule has 2 N–H and O–H groups in total. The highest BCUT2D eigenvalue weighted by Gasteiger charge is 2.38. The predicted molar refractivity (Wildman–Crippen MR) is 93.8 cm³/mol. The number of nitro groups is 1. The van der Waals surface area contributed by atoms with Crippen molar-refractivity contribution in [3.63, 3.8) is 0 Å². The van der Waals surface area contributed by atoms with Gasteiger partial charge in [0.05, 0.1) is 6.42 Å². The van der Waals surface area contributed by atoms with Crippen molar-refractivity contribution >= 4 is 29.1 Å². The number of amides is 1. The van der Waals surface area contributed by atoms with Crippen LogP contribution >= 0.6 is 23.2 Å². The fraction of sp³-hybridized carbons (Fsp3) is 0.533. The van der Waals surface area contributed by atoms with E-state index in [0.29, 0.717) is 42.8 Å². The van der Waals surface area contributed by atoms with Crippen LogP contribution in [-0.2, 0) is 11.3 Å². The number of nitrogens with one attached hydrogen (secondary N) is 2. The van der Waals surface area contributed by atoms with Crippen molar-refractivity contribution in [2.24, 2.45) is 0 Å². The molecule has 0 spiro atoms. The van der Waals surface area contributed by atoms with E-state index >= 15 is 0 Å². The summed E-state index contributed by atoms with van der Waals surface area (Å²) in [4.78, 5) is 26.8. The zero-order valence-electron chi connectivity index (χ0n) is 13.5. The minimum atomic E-state index is -0.919. The van der Waals surface area contributed by atoms with Crippen LogP contribution < -0.4 is 10.9 Å². The fourth-order valence-corrected chi connectivity index (χ4v) is 3.61. The lowest BCUT2D eigenvalue weighted by Crippen LogP contribution is -2.53. The summed E-state index contributed by atoms with van der Waals surface area (Å²) in [6, 6.07) is 4.88. The molecule has 10 heteroatoms. The molecule has 0 aliphatic carbocycles. The molecule has 136 valence electrons. The van der Waals surface area contributed by atoms with Crippen LogP contribution in [0.2, 0.25) is 10.0 Å². The summed E-state index contributed by atoms with van der Waals surface area (Å²) in [5, 5.41) is 12.0.